The van der Waals surface area contributed by atoms with Crippen LogP contribution in [0.1, 0.15) is 21.6 Å². The van der Waals surface area contributed by atoms with Crippen LogP contribution in [0.25, 0.3) is 5.57 Å². The van der Waals surface area contributed by atoms with E-state index in [0.29, 0.717) is 32.0 Å². The maximum atomic E-state index is 13.8. The Morgan fingerprint density at radius 1 is 1.10 bits per heavy atom. The monoisotopic (exact) mass is 612 g/mol. The summed E-state index contributed by atoms with van der Waals surface area (Å²) in [6, 6.07) is 7.71. The number of hydrogen-bond acceptors (Lipinski definition) is 7. The van der Waals surface area contributed by atoms with Crippen LogP contribution in [0.5, 0.6) is 5.88 Å². The number of alkyl halides is 6. The highest BCUT2D eigenvalue weighted by Crippen LogP contribution is 2.37. The van der Waals surface area contributed by atoms with Gasteiger partial charge in [0.25, 0.3) is 0 Å². The van der Waals surface area contributed by atoms with Crippen LogP contribution in [0.4, 0.5) is 26.3 Å². The molecule has 0 radical (unpaired) electrons. The van der Waals surface area contributed by atoms with E-state index in [0.717, 1.165) is 12.1 Å². The lowest BCUT2D eigenvalue weighted by atomic mass is 9.96. The fourth-order valence-electron chi connectivity index (χ4n) is 3.73. The average molecular weight is 613 g/mol. The van der Waals surface area contributed by atoms with Crippen molar-refractivity contribution < 1.29 is 39.9 Å². The molecule has 0 aliphatic carbocycles. The van der Waals surface area contributed by atoms with E-state index in [1.54, 1.807) is 6.07 Å². The highest BCUT2D eigenvalue weighted by Gasteiger charge is 2.45. The van der Waals surface area contributed by atoms with Crippen LogP contribution in [-0.2, 0) is 29.2 Å². The lowest BCUT2D eigenvalue weighted by Gasteiger charge is -2.15. The second-order valence-electron chi connectivity index (χ2n) is 8.09. The molecule has 4 rings (SSSR count). The van der Waals surface area contributed by atoms with E-state index in [-0.39, 0.29) is 21.0 Å². The minimum atomic E-state index is -5.70. The number of rotatable bonds is 7. The van der Waals surface area contributed by atoms with Gasteiger partial charge < -0.3 is 5.11 Å². The molecule has 2 heterocycles. The Morgan fingerprint density at radius 2 is 1.82 bits per heavy atom. The first-order chi connectivity index (χ1) is 18.1. The Morgan fingerprint density at radius 3 is 2.49 bits per heavy atom. The number of aromatic nitrogens is 1. The first-order valence-corrected chi connectivity index (χ1v) is 13.3. The third-order valence-corrected chi connectivity index (χ3v) is 8.01. The lowest BCUT2D eigenvalue weighted by molar-refractivity contribution is -0.138. The summed E-state index contributed by atoms with van der Waals surface area (Å²) in [7, 11) is -5.70. The average Bonchev–Trinajstić information content (AvgIpc) is 3.41. The number of nitrogens with zero attached hydrogens (tertiary/aromatic N) is 3. The Hall–Kier alpha value is -3.21. The van der Waals surface area contributed by atoms with Crippen LogP contribution in [-0.4, -0.2) is 36.4 Å². The van der Waals surface area contributed by atoms with Crippen molar-refractivity contribution in [3.05, 3.63) is 83.2 Å². The first kappa shape index (κ1) is 28.8. The van der Waals surface area contributed by atoms with Gasteiger partial charge in [-0.3, -0.25) is 9.36 Å². The number of aromatic hydroxyl groups is 1. The summed E-state index contributed by atoms with van der Waals surface area (Å²) in [5, 5.41) is 19.1. The van der Waals surface area contributed by atoms with Crippen LogP contribution in [0.3, 0.4) is 0 Å². The Bertz CT molecular complexity index is 1760. The summed E-state index contributed by atoms with van der Waals surface area (Å²) < 4.78 is 104. The minimum absolute atomic E-state index is 0.0835. The molecule has 2 aromatic carbocycles. The third kappa shape index (κ3) is 6.03. The Balaban J connectivity index is 1.82. The van der Waals surface area contributed by atoms with Gasteiger partial charge in [-0.1, -0.05) is 35.1 Å². The quantitative estimate of drug-likeness (QED) is 0.399. The van der Waals surface area contributed by atoms with Crippen molar-refractivity contribution in [3.8, 4) is 5.88 Å². The first-order valence-electron chi connectivity index (χ1n) is 10.7. The molecule has 0 saturated carbocycles. The SMILES string of the molecule is O=c1sc(C(Cc2ccc(Cl)cc2C(F)(F)F)=c2ccc3c(c2)C=NN=3)c(O)n1CCNS(=O)(=O)C(F)(F)F. The van der Waals surface area contributed by atoms with Gasteiger partial charge >= 0.3 is 26.6 Å². The molecule has 0 fully saturated rings. The molecule has 3 aromatic rings. The van der Waals surface area contributed by atoms with Gasteiger partial charge in [0.2, 0.25) is 5.88 Å². The smallest absolute Gasteiger partial charge is 0.493 e. The van der Waals surface area contributed by atoms with E-state index in [1.807, 2.05) is 0 Å². The van der Waals surface area contributed by atoms with Crippen LogP contribution in [0.2, 0.25) is 5.02 Å². The minimum Gasteiger partial charge on any atom is -0.493 e. The molecule has 17 heteroatoms. The summed E-state index contributed by atoms with van der Waals surface area (Å²) in [6.07, 6.45) is -3.82. The van der Waals surface area contributed by atoms with Gasteiger partial charge in [0.1, 0.15) is 0 Å². The molecule has 1 aliphatic rings. The second-order valence-corrected chi connectivity index (χ2v) is 11.2. The summed E-state index contributed by atoms with van der Waals surface area (Å²) in [6.45, 7) is -1.58. The molecule has 0 unspecified atom stereocenters. The number of hydrogen-bond donors (Lipinski definition) is 2. The Kier molecular flexibility index (Phi) is 7.68. The van der Waals surface area contributed by atoms with Gasteiger partial charge in [0, 0.05) is 30.1 Å². The van der Waals surface area contributed by atoms with E-state index >= 15 is 0 Å². The van der Waals surface area contributed by atoms with Gasteiger partial charge in [-0.05, 0) is 40.6 Å². The fourth-order valence-corrected chi connectivity index (χ4v) is 5.40. The van der Waals surface area contributed by atoms with E-state index in [9.17, 15) is 44.7 Å². The highest BCUT2D eigenvalue weighted by molar-refractivity contribution is 7.90. The Labute approximate surface area is 224 Å². The third-order valence-electron chi connectivity index (χ3n) is 5.56. The summed E-state index contributed by atoms with van der Waals surface area (Å²) in [5.41, 5.74) is -6.26. The molecule has 1 aromatic heterocycles. The van der Waals surface area contributed by atoms with Crippen molar-refractivity contribution in [2.75, 3.05) is 6.54 Å². The van der Waals surface area contributed by atoms with E-state index in [2.05, 4.69) is 10.2 Å². The van der Waals surface area contributed by atoms with Crippen molar-refractivity contribution in [2.24, 2.45) is 10.2 Å². The van der Waals surface area contributed by atoms with Gasteiger partial charge in [-0.15, -0.1) is 0 Å². The number of halogens is 7. The predicted octanol–water partition coefficient (Wildman–Crippen LogP) is 3.14. The standard InChI is InChI=1S/C22H15ClF6N4O4S2/c23-14-3-1-12(16(9-14)21(24,25)26)8-15(11-2-4-17-13(7-11)10-30-32-17)18-19(34)33(20(35)38-18)6-5-31-39(36,37)22(27,28)29/h1-4,7,9-10,31,34H,5-6,8H2. The van der Waals surface area contributed by atoms with Crippen LogP contribution >= 0.6 is 22.9 Å². The molecule has 8 nitrogen and oxygen atoms in total. The maximum Gasteiger partial charge on any atom is 0.511 e. The number of sulfonamides is 1. The molecule has 0 amide bonds. The summed E-state index contributed by atoms with van der Waals surface area (Å²) >= 11 is 6.21. The molecule has 0 atom stereocenters. The molecule has 39 heavy (non-hydrogen) atoms. The van der Waals surface area contributed by atoms with Crippen molar-refractivity contribution >= 4 is 44.7 Å². The zero-order valence-corrected chi connectivity index (χ0v) is 21.5. The largest absolute Gasteiger partial charge is 0.511 e. The van der Waals surface area contributed by atoms with Crippen LogP contribution in [0, 0.1) is 0 Å². The van der Waals surface area contributed by atoms with E-state index in [1.165, 1.54) is 29.1 Å². The maximum absolute atomic E-state index is 13.8. The van der Waals surface area contributed by atoms with Crippen LogP contribution in [0.15, 0.2) is 51.4 Å². The fraction of sp³-hybridized carbons (Fsp3) is 0.227. The van der Waals surface area contributed by atoms with Gasteiger partial charge in [0.05, 0.1) is 22.0 Å². The van der Waals surface area contributed by atoms with Crippen molar-refractivity contribution in [2.45, 2.75) is 24.7 Å². The topological polar surface area (TPSA) is 113 Å². The molecular formula is C22H15ClF6N4O4S2. The zero-order chi connectivity index (χ0) is 28.8. The molecule has 2 N–H and O–H groups in total. The molecule has 0 spiro atoms. The predicted molar refractivity (Wildman–Crippen MR) is 131 cm³/mol. The van der Waals surface area contributed by atoms with Gasteiger partial charge in [-0.25, -0.2) is 13.1 Å². The summed E-state index contributed by atoms with van der Waals surface area (Å²) in [4.78, 5) is 11.6. The zero-order valence-electron chi connectivity index (χ0n) is 19.1. The molecule has 208 valence electrons. The van der Waals surface area contributed by atoms with Gasteiger partial charge in [0.15, 0.2) is 0 Å². The highest BCUT2D eigenvalue weighted by atomic mass is 35.5. The second kappa shape index (κ2) is 10.4. The summed E-state index contributed by atoms with van der Waals surface area (Å²) in [5.74, 6) is -0.757. The van der Waals surface area contributed by atoms with Crippen molar-refractivity contribution in [1.29, 1.82) is 0 Å². The normalized spacial score (nSPS) is 14.3. The number of nitrogens with one attached hydrogen (secondary N) is 1. The van der Waals surface area contributed by atoms with Gasteiger partial charge in [-0.2, -0.15) is 36.5 Å². The molecule has 0 saturated heterocycles. The number of fused-ring (bicyclic) bond motifs is 1. The lowest BCUT2D eigenvalue weighted by Crippen LogP contribution is -2.38. The molecule has 1 aliphatic heterocycles. The van der Waals surface area contributed by atoms with Crippen molar-refractivity contribution in [1.82, 2.24) is 9.29 Å². The molecule has 0 bridgehead atoms. The van der Waals surface area contributed by atoms with E-state index < -0.39 is 57.5 Å². The number of benzene rings is 2. The van der Waals surface area contributed by atoms with Crippen molar-refractivity contribution in [3.63, 3.8) is 0 Å². The van der Waals surface area contributed by atoms with Crippen LogP contribution < -0.4 is 20.2 Å². The number of thiazole rings is 1. The van der Waals surface area contributed by atoms with E-state index in [4.69, 9.17) is 11.6 Å². The molecular weight excluding hydrogens is 598 g/mol.